The second-order valence-electron chi connectivity index (χ2n) is 7.36. The van der Waals surface area contributed by atoms with Crippen molar-refractivity contribution in [1.82, 2.24) is 10.6 Å². The minimum atomic E-state index is -3.85. The zero-order valence-corrected chi connectivity index (χ0v) is 16.7. The molecule has 1 fully saturated rings. The van der Waals surface area contributed by atoms with Crippen LogP contribution >= 0.6 is 0 Å². The molecule has 0 aliphatic heterocycles. The van der Waals surface area contributed by atoms with Crippen LogP contribution in [0, 0.1) is 13.8 Å². The Kier molecular flexibility index (Phi) is 6.11. The second kappa shape index (κ2) is 7.78. The third kappa shape index (κ3) is 3.92. The van der Waals surface area contributed by atoms with Gasteiger partial charge in [-0.15, -0.1) is 0 Å². The standard InChI is InChI=1S/C19H28N2O4S/c1-13(2)21-17(22)12-20-18(23)19(9-5-6-10-19)26(24,25)16-8-7-14(3)15(4)11-16/h7-8,11,13H,5-6,9-10,12H2,1-4H3,(H,20,23)(H,21,22). The van der Waals surface area contributed by atoms with Crippen molar-refractivity contribution < 1.29 is 18.0 Å². The van der Waals surface area contributed by atoms with Crippen LogP contribution in [-0.2, 0) is 19.4 Å². The first kappa shape index (κ1) is 20.4. The van der Waals surface area contributed by atoms with Crippen molar-refractivity contribution in [3.8, 4) is 0 Å². The van der Waals surface area contributed by atoms with Gasteiger partial charge in [0.1, 0.15) is 0 Å². The lowest BCUT2D eigenvalue weighted by atomic mass is 10.1. The molecule has 0 spiro atoms. The van der Waals surface area contributed by atoms with Gasteiger partial charge < -0.3 is 10.6 Å². The molecule has 2 rings (SSSR count). The van der Waals surface area contributed by atoms with E-state index in [4.69, 9.17) is 0 Å². The van der Waals surface area contributed by atoms with Crippen LogP contribution in [0.3, 0.4) is 0 Å². The Bertz CT molecular complexity index is 794. The summed E-state index contributed by atoms with van der Waals surface area (Å²) in [5.74, 6) is -0.905. The van der Waals surface area contributed by atoms with E-state index in [2.05, 4.69) is 10.6 Å². The fraction of sp³-hybridized carbons (Fsp3) is 0.579. The predicted molar refractivity (Wildman–Crippen MR) is 101 cm³/mol. The molecule has 26 heavy (non-hydrogen) atoms. The molecule has 0 saturated heterocycles. The quantitative estimate of drug-likeness (QED) is 0.790. The summed E-state index contributed by atoms with van der Waals surface area (Å²) in [6, 6.07) is 4.91. The van der Waals surface area contributed by atoms with Gasteiger partial charge in [-0.2, -0.15) is 0 Å². The van der Waals surface area contributed by atoms with Crippen molar-refractivity contribution in [1.29, 1.82) is 0 Å². The number of hydrogen-bond donors (Lipinski definition) is 2. The number of carbonyl (C=O) groups excluding carboxylic acids is 2. The van der Waals surface area contributed by atoms with Crippen LogP contribution in [-0.4, -0.2) is 37.6 Å². The summed E-state index contributed by atoms with van der Waals surface area (Å²) in [4.78, 5) is 24.8. The molecule has 144 valence electrons. The summed E-state index contributed by atoms with van der Waals surface area (Å²) in [6.45, 7) is 7.19. The highest BCUT2D eigenvalue weighted by molar-refractivity contribution is 7.93. The molecular formula is C19H28N2O4S. The summed E-state index contributed by atoms with van der Waals surface area (Å²) in [6.07, 6.45) is 1.91. The molecule has 6 nitrogen and oxygen atoms in total. The molecule has 2 N–H and O–H groups in total. The Hall–Kier alpha value is -1.89. The Labute approximate surface area is 155 Å². The molecule has 0 radical (unpaired) electrons. The molecule has 1 aromatic rings. The minimum Gasteiger partial charge on any atom is -0.352 e. The number of rotatable bonds is 6. The lowest BCUT2D eigenvalue weighted by molar-refractivity contribution is -0.127. The van der Waals surface area contributed by atoms with Crippen LogP contribution in [0.1, 0.15) is 50.7 Å². The van der Waals surface area contributed by atoms with E-state index in [1.165, 1.54) is 0 Å². The monoisotopic (exact) mass is 380 g/mol. The molecule has 1 aliphatic carbocycles. The van der Waals surface area contributed by atoms with Crippen LogP contribution in [0.2, 0.25) is 0 Å². The molecular weight excluding hydrogens is 352 g/mol. The number of hydrogen-bond acceptors (Lipinski definition) is 4. The molecule has 7 heteroatoms. The summed E-state index contributed by atoms with van der Waals surface area (Å²) < 4.78 is 25.2. The molecule has 1 aromatic carbocycles. The summed E-state index contributed by atoms with van der Waals surface area (Å²) in [7, 11) is -3.85. The lowest BCUT2D eigenvalue weighted by Gasteiger charge is -2.28. The number of sulfone groups is 1. The van der Waals surface area contributed by atoms with Crippen molar-refractivity contribution in [3.05, 3.63) is 29.3 Å². The van der Waals surface area contributed by atoms with Crippen molar-refractivity contribution >= 4 is 21.7 Å². The maximum Gasteiger partial charge on any atom is 0.242 e. The van der Waals surface area contributed by atoms with E-state index < -0.39 is 20.5 Å². The molecule has 0 heterocycles. The third-order valence-corrected chi connectivity index (χ3v) is 7.48. The number of benzene rings is 1. The van der Waals surface area contributed by atoms with Crippen molar-refractivity contribution in [3.63, 3.8) is 0 Å². The van der Waals surface area contributed by atoms with Gasteiger partial charge in [-0.3, -0.25) is 9.59 Å². The van der Waals surface area contributed by atoms with E-state index in [0.29, 0.717) is 12.8 Å². The molecule has 0 aromatic heterocycles. The fourth-order valence-electron chi connectivity index (χ4n) is 3.37. The van der Waals surface area contributed by atoms with Gasteiger partial charge in [0.15, 0.2) is 14.6 Å². The minimum absolute atomic E-state index is 0.0425. The Morgan fingerprint density at radius 3 is 2.27 bits per heavy atom. The summed E-state index contributed by atoms with van der Waals surface area (Å²) in [5, 5.41) is 5.22. The molecule has 0 unspecified atom stereocenters. The average molecular weight is 381 g/mol. The number of carbonyl (C=O) groups is 2. The average Bonchev–Trinajstić information content (AvgIpc) is 3.06. The van der Waals surface area contributed by atoms with Crippen LogP contribution < -0.4 is 10.6 Å². The Morgan fingerprint density at radius 2 is 1.73 bits per heavy atom. The molecule has 0 atom stereocenters. The van der Waals surface area contributed by atoms with Gasteiger partial charge in [-0.05, 0) is 63.8 Å². The van der Waals surface area contributed by atoms with Gasteiger partial charge in [-0.25, -0.2) is 8.42 Å². The van der Waals surface area contributed by atoms with Crippen molar-refractivity contribution in [2.45, 2.75) is 69.1 Å². The van der Waals surface area contributed by atoms with Crippen molar-refractivity contribution in [2.75, 3.05) is 6.54 Å². The maximum atomic E-state index is 13.3. The van der Waals surface area contributed by atoms with Crippen LogP contribution in [0.25, 0.3) is 0 Å². The van der Waals surface area contributed by atoms with Gasteiger partial charge in [0.05, 0.1) is 11.4 Å². The lowest BCUT2D eigenvalue weighted by Crippen LogP contribution is -2.52. The zero-order chi connectivity index (χ0) is 19.5. The smallest absolute Gasteiger partial charge is 0.242 e. The van der Waals surface area contributed by atoms with Crippen LogP contribution in [0.5, 0.6) is 0 Å². The van der Waals surface area contributed by atoms with Gasteiger partial charge in [0.25, 0.3) is 0 Å². The predicted octanol–water partition coefficient (Wildman–Crippen LogP) is 2.03. The summed E-state index contributed by atoms with van der Waals surface area (Å²) >= 11 is 0. The topological polar surface area (TPSA) is 92.3 Å². The summed E-state index contributed by atoms with van der Waals surface area (Å²) in [5.41, 5.74) is 1.87. The maximum absolute atomic E-state index is 13.3. The molecule has 1 saturated carbocycles. The fourth-order valence-corrected chi connectivity index (χ4v) is 5.54. The highest BCUT2D eigenvalue weighted by Gasteiger charge is 2.52. The van der Waals surface area contributed by atoms with E-state index in [-0.39, 0.29) is 36.2 Å². The van der Waals surface area contributed by atoms with E-state index >= 15 is 0 Å². The van der Waals surface area contributed by atoms with Gasteiger partial charge >= 0.3 is 0 Å². The zero-order valence-electron chi connectivity index (χ0n) is 15.9. The van der Waals surface area contributed by atoms with E-state index in [1.807, 2.05) is 27.7 Å². The Balaban J connectivity index is 2.29. The SMILES string of the molecule is Cc1ccc(S(=O)(=O)C2(C(=O)NCC(=O)NC(C)C)CCCC2)cc1C. The van der Waals surface area contributed by atoms with Crippen LogP contribution in [0.15, 0.2) is 23.1 Å². The molecule has 1 aliphatic rings. The van der Waals surface area contributed by atoms with Gasteiger partial charge in [-0.1, -0.05) is 18.9 Å². The molecule has 0 bridgehead atoms. The second-order valence-corrected chi connectivity index (χ2v) is 9.62. The first-order chi connectivity index (χ1) is 12.1. The highest BCUT2D eigenvalue weighted by Crippen LogP contribution is 2.41. The van der Waals surface area contributed by atoms with Gasteiger partial charge in [0.2, 0.25) is 11.8 Å². The van der Waals surface area contributed by atoms with Crippen molar-refractivity contribution in [2.24, 2.45) is 0 Å². The highest BCUT2D eigenvalue weighted by atomic mass is 32.2. The number of aryl methyl sites for hydroxylation is 2. The van der Waals surface area contributed by atoms with E-state index in [1.54, 1.807) is 18.2 Å². The van der Waals surface area contributed by atoms with E-state index in [0.717, 1.165) is 11.1 Å². The van der Waals surface area contributed by atoms with Gasteiger partial charge in [0, 0.05) is 6.04 Å². The number of nitrogens with one attached hydrogen (secondary N) is 2. The first-order valence-corrected chi connectivity index (χ1v) is 10.5. The third-order valence-electron chi connectivity index (χ3n) is 4.99. The van der Waals surface area contributed by atoms with E-state index in [9.17, 15) is 18.0 Å². The van der Waals surface area contributed by atoms with Crippen LogP contribution in [0.4, 0.5) is 0 Å². The normalized spacial score (nSPS) is 16.5. The molecule has 2 amide bonds. The Morgan fingerprint density at radius 1 is 1.12 bits per heavy atom. The first-order valence-electron chi connectivity index (χ1n) is 9.00. The number of amides is 2. The largest absolute Gasteiger partial charge is 0.352 e.